The minimum Gasteiger partial charge on any atom is -0.490 e. The lowest BCUT2D eigenvalue weighted by molar-refractivity contribution is -0.130. The summed E-state index contributed by atoms with van der Waals surface area (Å²) in [7, 11) is 0. The van der Waals surface area contributed by atoms with E-state index in [4.69, 9.17) is 4.74 Å². The van der Waals surface area contributed by atoms with E-state index in [0.717, 1.165) is 60.3 Å². The van der Waals surface area contributed by atoms with Crippen LogP contribution in [0.15, 0.2) is 47.6 Å². The van der Waals surface area contributed by atoms with Crippen molar-refractivity contribution in [3.63, 3.8) is 0 Å². The molecule has 0 bridgehead atoms. The second-order valence-electron chi connectivity index (χ2n) is 8.60. The molecule has 174 valence electrons. The van der Waals surface area contributed by atoms with E-state index < -0.39 is 0 Å². The molecule has 33 heavy (non-hydrogen) atoms. The summed E-state index contributed by atoms with van der Waals surface area (Å²) in [6.45, 7) is 10.6. The van der Waals surface area contributed by atoms with E-state index in [1.807, 2.05) is 23.1 Å². The molecule has 0 saturated carbocycles. The van der Waals surface area contributed by atoms with Crippen LogP contribution < -0.4 is 4.74 Å². The molecule has 1 aliphatic heterocycles. The molecule has 6 nitrogen and oxygen atoms in total. The highest BCUT2D eigenvalue weighted by Crippen LogP contribution is 2.27. The smallest absolute Gasteiger partial charge is 0.233 e. The zero-order valence-electron chi connectivity index (χ0n) is 19.9. The lowest BCUT2D eigenvalue weighted by atomic mass is 10.1. The van der Waals surface area contributed by atoms with E-state index >= 15 is 0 Å². The highest BCUT2D eigenvalue weighted by atomic mass is 32.2. The van der Waals surface area contributed by atoms with Crippen LogP contribution >= 0.6 is 11.8 Å². The minimum atomic E-state index is 0.146. The molecule has 0 radical (unpaired) electrons. The Balaban J connectivity index is 1.31. The van der Waals surface area contributed by atoms with Crippen molar-refractivity contribution in [1.82, 2.24) is 19.7 Å². The zero-order valence-corrected chi connectivity index (χ0v) is 20.7. The lowest BCUT2D eigenvalue weighted by Gasteiger charge is -2.32. The second kappa shape index (κ2) is 10.4. The van der Waals surface area contributed by atoms with Crippen molar-refractivity contribution in [1.29, 1.82) is 0 Å². The molecule has 0 unspecified atom stereocenters. The number of nitrogens with zero attached hydrogens (tertiary/aromatic N) is 4. The molecule has 7 heteroatoms. The third-order valence-corrected chi connectivity index (χ3v) is 7.27. The summed E-state index contributed by atoms with van der Waals surface area (Å²) in [5.74, 6) is 2.29. The molecular weight excluding hydrogens is 432 g/mol. The zero-order chi connectivity index (χ0) is 23.4. The van der Waals surface area contributed by atoms with Crippen molar-refractivity contribution >= 4 is 17.7 Å². The monoisotopic (exact) mass is 464 g/mol. The van der Waals surface area contributed by atoms with Gasteiger partial charge in [-0.2, -0.15) is 0 Å². The molecule has 0 N–H and O–H groups in total. The second-order valence-corrected chi connectivity index (χ2v) is 9.54. The summed E-state index contributed by atoms with van der Waals surface area (Å²) in [6.07, 6.45) is 1.86. The number of hydrogen-bond acceptors (Lipinski definition) is 5. The largest absolute Gasteiger partial charge is 0.490 e. The van der Waals surface area contributed by atoms with Crippen molar-refractivity contribution in [3.8, 4) is 17.1 Å². The molecule has 2 aromatic carbocycles. The van der Waals surface area contributed by atoms with Gasteiger partial charge in [0.15, 0.2) is 11.0 Å². The first-order chi connectivity index (χ1) is 16.0. The Labute approximate surface area is 200 Å². The summed E-state index contributed by atoms with van der Waals surface area (Å²) in [6, 6.07) is 14.4. The van der Waals surface area contributed by atoms with E-state index in [0.29, 0.717) is 5.75 Å². The number of thioether (sulfide) groups is 1. The SMILES string of the molecule is CCn1c(SCC(=O)N2CCC(Oc3ccc(C)c(C)c3)CC2)nnc1-c1ccccc1C. The molecule has 0 spiro atoms. The Bertz CT molecular complexity index is 1120. The molecule has 0 aliphatic carbocycles. The van der Waals surface area contributed by atoms with E-state index in [1.54, 1.807) is 0 Å². The molecule has 1 aliphatic rings. The number of likely N-dealkylation sites (tertiary alicyclic amines) is 1. The number of aromatic nitrogens is 3. The predicted octanol–water partition coefficient (Wildman–Crippen LogP) is 5.05. The van der Waals surface area contributed by atoms with Crippen molar-refractivity contribution in [3.05, 3.63) is 59.2 Å². The molecule has 1 saturated heterocycles. The first-order valence-electron chi connectivity index (χ1n) is 11.6. The topological polar surface area (TPSA) is 60.2 Å². The van der Waals surface area contributed by atoms with Gasteiger partial charge in [0, 0.05) is 38.0 Å². The van der Waals surface area contributed by atoms with E-state index in [2.05, 4.69) is 66.7 Å². The first kappa shape index (κ1) is 23.4. The average Bonchev–Trinajstić information content (AvgIpc) is 3.23. The molecular formula is C26H32N4O2S. The van der Waals surface area contributed by atoms with Crippen LogP contribution in [0.2, 0.25) is 0 Å². The van der Waals surface area contributed by atoms with E-state index in [9.17, 15) is 4.79 Å². The molecule has 1 fully saturated rings. The Morgan fingerprint density at radius 3 is 2.48 bits per heavy atom. The van der Waals surface area contributed by atoms with Crippen LogP contribution in [0.4, 0.5) is 0 Å². The van der Waals surface area contributed by atoms with Crippen LogP contribution in [-0.2, 0) is 11.3 Å². The number of carbonyl (C=O) groups excluding carboxylic acids is 1. The van der Waals surface area contributed by atoms with Gasteiger partial charge < -0.3 is 14.2 Å². The number of aryl methyl sites for hydroxylation is 3. The maximum absolute atomic E-state index is 12.9. The fourth-order valence-electron chi connectivity index (χ4n) is 4.12. The number of hydrogen-bond donors (Lipinski definition) is 0. The van der Waals surface area contributed by atoms with Crippen LogP contribution in [0.1, 0.15) is 36.5 Å². The van der Waals surface area contributed by atoms with Crippen LogP contribution in [0.5, 0.6) is 5.75 Å². The average molecular weight is 465 g/mol. The van der Waals surface area contributed by atoms with Crippen molar-refractivity contribution in [2.24, 2.45) is 0 Å². The summed E-state index contributed by atoms with van der Waals surface area (Å²) >= 11 is 1.47. The number of ether oxygens (including phenoxy) is 1. The Morgan fingerprint density at radius 2 is 1.79 bits per heavy atom. The molecule has 4 rings (SSSR count). The maximum Gasteiger partial charge on any atom is 0.233 e. The number of piperidine rings is 1. The van der Waals surface area contributed by atoms with Gasteiger partial charge in [-0.15, -0.1) is 10.2 Å². The number of amides is 1. The van der Waals surface area contributed by atoms with Crippen molar-refractivity contribution < 1.29 is 9.53 Å². The summed E-state index contributed by atoms with van der Waals surface area (Å²) < 4.78 is 8.26. The van der Waals surface area contributed by atoms with Gasteiger partial charge >= 0.3 is 0 Å². The van der Waals surface area contributed by atoms with Crippen LogP contribution in [0.25, 0.3) is 11.4 Å². The minimum absolute atomic E-state index is 0.146. The van der Waals surface area contributed by atoms with Crippen molar-refractivity contribution in [2.45, 2.75) is 58.3 Å². The molecule has 0 atom stereocenters. The molecule has 3 aromatic rings. The summed E-state index contributed by atoms with van der Waals surface area (Å²) in [5, 5.41) is 9.59. The van der Waals surface area contributed by atoms with Crippen molar-refractivity contribution in [2.75, 3.05) is 18.8 Å². The molecule has 1 amide bonds. The van der Waals surface area contributed by atoms with Crippen LogP contribution in [0.3, 0.4) is 0 Å². The number of rotatable bonds is 7. The number of carbonyl (C=O) groups is 1. The Kier molecular flexibility index (Phi) is 7.38. The maximum atomic E-state index is 12.9. The van der Waals surface area contributed by atoms with Gasteiger partial charge in [-0.1, -0.05) is 42.1 Å². The van der Waals surface area contributed by atoms with Gasteiger partial charge in [-0.05, 0) is 56.5 Å². The normalized spacial score (nSPS) is 14.5. The third-order valence-electron chi connectivity index (χ3n) is 6.32. The Hall–Kier alpha value is -2.80. The number of benzene rings is 2. The van der Waals surface area contributed by atoms with Crippen LogP contribution in [0, 0.1) is 20.8 Å². The summed E-state index contributed by atoms with van der Waals surface area (Å²) in [5.41, 5.74) is 4.75. The van der Waals surface area contributed by atoms with Gasteiger partial charge in [0.2, 0.25) is 5.91 Å². The van der Waals surface area contributed by atoms with Crippen LogP contribution in [-0.4, -0.2) is 50.5 Å². The highest BCUT2D eigenvalue weighted by molar-refractivity contribution is 7.99. The van der Waals surface area contributed by atoms with Gasteiger partial charge in [0.1, 0.15) is 11.9 Å². The van der Waals surface area contributed by atoms with E-state index in [1.165, 1.54) is 22.9 Å². The fraction of sp³-hybridized carbons (Fsp3) is 0.423. The molecule has 2 heterocycles. The van der Waals surface area contributed by atoms with Gasteiger partial charge in [-0.3, -0.25) is 4.79 Å². The standard InChI is InChI=1S/C26H32N4O2S/c1-5-30-25(23-9-7-6-8-19(23)3)27-28-26(30)33-17-24(31)29-14-12-21(13-15-29)32-22-11-10-18(2)20(4)16-22/h6-11,16,21H,5,12-15,17H2,1-4H3. The van der Waals surface area contributed by atoms with Gasteiger partial charge in [-0.25, -0.2) is 0 Å². The predicted molar refractivity (Wildman–Crippen MR) is 133 cm³/mol. The Morgan fingerprint density at radius 1 is 1.03 bits per heavy atom. The van der Waals surface area contributed by atoms with Gasteiger partial charge in [0.05, 0.1) is 5.75 Å². The quantitative estimate of drug-likeness (QED) is 0.458. The lowest BCUT2D eigenvalue weighted by Crippen LogP contribution is -2.42. The first-order valence-corrected chi connectivity index (χ1v) is 12.6. The molecule has 1 aromatic heterocycles. The third kappa shape index (κ3) is 5.41. The van der Waals surface area contributed by atoms with Gasteiger partial charge in [0.25, 0.3) is 0 Å². The fourth-order valence-corrected chi connectivity index (χ4v) is 5.03. The summed E-state index contributed by atoms with van der Waals surface area (Å²) in [4.78, 5) is 14.8. The highest BCUT2D eigenvalue weighted by Gasteiger charge is 2.25. The van der Waals surface area contributed by atoms with E-state index in [-0.39, 0.29) is 12.0 Å².